The molecule has 0 saturated heterocycles. The molecule has 0 aliphatic carbocycles. The zero-order chi connectivity index (χ0) is 11.4. The number of hydrogen-bond acceptors (Lipinski definition) is 2. The topological polar surface area (TPSA) is 50.4 Å². The van der Waals surface area contributed by atoms with E-state index in [1.54, 1.807) is 6.92 Å². The Labute approximate surface area is 106 Å². The summed E-state index contributed by atoms with van der Waals surface area (Å²) in [5.41, 5.74) is 8.87. The summed E-state index contributed by atoms with van der Waals surface area (Å²) in [5.74, 6) is -0.251. The maximum atomic E-state index is 13.3. The average molecular weight is 337 g/mol. The molecule has 6 heteroatoms. The van der Waals surface area contributed by atoms with Crippen LogP contribution in [0.1, 0.15) is 11.1 Å². The van der Waals surface area contributed by atoms with Crippen LogP contribution >= 0.6 is 34.8 Å². The highest BCUT2D eigenvalue weighted by molar-refractivity contribution is 14.1. The van der Waals surface area contributed by atoms with E-state index in [2.05, 4.69) is 45.3 Å². The highest BCUT2D eigenvalue weighted by Gasteiger charge is 2.03. The predicted octanol–water partition coefficient (Wildman–Crippen LogP) is 1.91. The number of hydrogen-bond donors (Lipinski definition) is 2. The molecule has 0 saturated carbocycles. The van der Waals surface area contributed by atoms with Crippen LogP contribution in [-0.2, 0) is 0 Å². The van der Waals surface area contributed by atoms with Crippen molar-refractivity contribution < 1.29 is 4.39 Å². The molecule has 0 aliphatic rings. The number of benzene rings is 1. The van der Waals surface area contributed by atoms with E-state index < -0.39 is 0 Å². The molecule has 0 radical (unpaired) electrons. The molecule has 0 fully saturated rings. The molecular formula is C9H9FIN3S. The van der Waals surface area contributed by atoms with Crippen LogP contribution in [0.2, 0.25) is 0 Å². The van der Waals surface area contributed by atoms with Gasteiger partial charge in [-0.25, -0.2) is 4.39 Å². The number of nitrogens with two attached hydrogens (primary N) is 1. The lowest BCUT2D eigenvalue weighted by Crippen LogP contribution is -2.24. The minimum absolute atomic E-state index is 0.0773. The monoisotopic (exact) mass is 337 g/mol. The van der Waals surface area contributed by atoms with Crippen LogP contribution in [0.15, 0.2) is 17.2 Å². The normalized spacial score (nSPS) is 10.6. The van der Waals surface area contributed by atoms with E-state index in [0.29, 0.717) is 11.1 Å². The summed E-state index contributed by atoms with van der Waals surface area (Å²) in [5, 5.41) is 3.82. The molecule has 15 heavy (non-hydrogen) atoms. The molecule has 1 rings (SSSR count). The van der Waals surface area contributed by atoms with Crippen molar-refractivity contribution in [1.29, 1.82) is 0 Å². The molecule has 3 N–H and O–H groups in total. The van der Waals surface area contributed by atoms with Crippen molar-refractivity contribution in [1.82, 2.24) is 5.43 Å². The average Bonchev–Trinajstić information content (AvgIpc) is 2.13. The predicted molar refractivity (Wildman–Crippen MR) is 71.4 cm³/mol. The van der Waals surface area contributed by atoms with Crippen molar-refractivity contribution in [2.24, 2.45) is 10.8 Å². The summed E-state index contributed by atoms with van der Waals surface area (Å²) in [7, 11) is 0. The molecule has 80 valence electrons. The van der Waals surface area contributed by atoms with Gasteiger partial charge in [0.2, 0.25) is 0 Å². The van der Waals surface area contributed by atoms with E-state index in [-0.39, 0.29) is 10.9 Å². The molecule has 0 aliphatic heterocycles. The van der Waals surface area contributed by atoms with Gasteiger partial charge in [-0.3, -0.25) is 5.43 Å². The van der Waals surface area contributed by atoms with Gasteiger partial charge >= 0.3 is 0 Å². The Hall–Kier alpha value is -0.760. The Morgan fingerprint density at radius 1 is 1.67 bits per heavy atom. The van der Waals surface area contributed by atoms with E-state index >= 15 is 0 Å². The van der Waals surface area contributed by atoms with Gasteiger partial charge in [0.1, 0.15) is 5.82 Å². The van der Waals surface area contributed by atoms with Gasteiger partial charge in [-0.2, -0.15) is 5.10 Å². The minimum Gasteiger partial charge on any atom is -0.375 e. The molecular weight excluding hydrogens is 328 g/mol. The summed E-state index contributed by atoms with van der Waals surface area (Å²) >= 11 is 6.63. The van der Waals surface area contributed by atoms with Crippen LogP contribution in [0.25, 0.3) is 0 Å². The first-order valence-electron chi connectivity index (χ1n) is 4.05. The molecule has 3 nitrogen and oxygen atoms in total. The van der Waals surface area contributed by atoms with Crippen LogP contribution in [0.5, 0.6) is 0 Å². The lowest BCUT2D eigenvalue weighted by Gasteiger charge is -2.01. The molecule has 1 aromatic carbocycles. The van der Waals surface area contributed by atoms with Gasteiger partial charge in [-0.05, 0) is 65.0 Å². The molecule has 0 bridgehead atoms. The van der Waals surface area contributed by atoms with E-state index in [1.165, 1.54) is 12.3 Å². The SMILES string of the molecule is Cc1c(F)cc(C=NNC(N)=S)cc1I. The summed E-state index contributed by atoms with van der Waals surface area (Å²) in [4.78, 5) is 0. The van der Waals surface area contributed by atoms with Crippen molar-refractivity contribution in [3.63, 3.8) is 0 Å². The quantitative estimate of drug-likeness (QED) is 0.375. The molecule has 0 atom stereocenters. The van der Waals surface area contributed by atoms with Crippen molar-refractivity contribution in [2.45, 2.75) is 6.92 Å². The molecule has 0 heterocycles. The summed E-state index contributed by atoms with van der Waals surface area (Å²) < 4.78 is 14.1. The van der Waals surface area contributed by atoms with Crippen LogP contribution in [-0.4, -0.2) is 11.3 Å². The maximum Gasteiger partial charge on any atom is 0.184 e. The summed E-state index contributed by atoms with van der Waals surface area (Å²) in [6.07, 6.45) is 1.46. The van der Waals surface area contributed by atoms with Gasteiger partial charge in [-0.1, -0.05) is 0 Å². The molecule has 0 amide bonds. The summed E-state index contributed by atoms with van der Waals surface area (Å²) in [6.45, 7) is 1.73. The zero-order valence-electron chi connectivity index (χ0n) is 7.92. The maximum absolute atomic E-state index is 13.3. The Balaban J connectivity index is 2.87. The van der Waals surface area contributed by atoms with E-state index in [1.807, 2.05) is 6.07 Å². The van der Waals surface area contributed by atoms with Gasteiger partial charge in [0.05, 0.1) is 6.21 Å². The molecule has 1 aromatic rings. The third-order valence-electron chi connectivity index (χ3n) is 1.69. The fourth-order valence-corrected chi connectivity index (χ4v) is 1.58. The lowest BCUT2D eigenvalue weighted by molar-refractivity contribution is 0.617. The highest BCUT2D eigenvalue weighted by atomic mass is 127. The Morgan fingerprint density at radius 3 is 2.87 bits per heavy atom. The van der Waals surface area contributed by atoms with E-state index in [0.717, 1.165) is 3.57 Å². The number of nitrogens with zero attached hydrogens (tertiary/aromatic N) is 1. The Bertz CT molecular complexity index is 397. The molecule has 0 spiro atoms. The number of thiocarbonyl (C=S) groups is 1. The number of nitrogens with one attached hydrogen (secondary N) is 1. The standard InChI is InChI=1S/C9H9FIN3S/c1-5-7(10)2-6(3-8(5)11)4-13-14-9(12)15/h2-4H,1H3,(H3,12,14,15). The van der Waals surface area contributed by atoms with Gasteiger partial charge in [0, 0.05) is 3.57 Å². The Kier molecular flexibility index (Phi) is 4.40. The third kappa shape index (κ3) is 3.71. The van der Waals surface area contributed by atoms with Crippen molar-refractivity contribution in [2.75, 3.05) is 0 Å². The Morgan fingerprint density at radius 2 is 2.33 bits per heavy atom. The van der Waals surface area contributed by atoms with Crippen LogP contribution < -0.4 is 11.2 Å². The first-order valence-corrected chi connectivity index (χ1v) is 5.53. The smallest absolute Gasteiger partial charge is 0.184 e. The number of hydrazone groups is 1. The van der Waals surface area contributed by atoms with Crippen LogP contribution in [0.3, 0.4) is 0 Å². The minimum atomic E-state index is -0.251. The van der Waals surface area contributed by atoms with Gasteiger partial charge in [0.15, 0.2) is 5.11 Å². The lowest BCUT2D eigenvalue weighted by atomic mass is 10.1. The third-order valence-corrected chi connectivity index (χ3v) is 2.90. The van der Waals surface area contributed by atoms with Gasteiger partial charge in [0.25, 0.3) is 0 Å². The zero-order valence-corrected chi connectivity index (χ0v) is 10.9. The van der Waals surface area contributed by atoms with Crippen molar-refractivity contribution in [3.05, 3.63) is 32.6 Å². The second-order valence-electron chi connectivity index (χ2n) is 2.84. The second kappa shape index (κ2) is 5.36. The summed E-state index contributed by atoms with van der Waals surface area (Å²) in [6, 6.07) is 3.23. The number of halogens is 2. The van der Waals surface area contributed by atoms with Crippen molar-refractivity contribution >= 4 is 46.1 Å². The van der Waals surface area contributed by atoms with Crippen LogP contribution in [0.4, 0.5) is 4.39 Å². The second-order valence-corrected chi connectivity index (χ2v) is 4.45. The largest absolute Gasteiger partial charge is 0.375 e. The fraction of sp³-hybridized carbons (Fsp3) is 0.111. The van der Waals surface area contributed by atoms with Crippen molar-refractivity contribution in [3.8, 4) is 0 Å². The molecule has 0 aromatic heterocycles. The van der Waals surface area contributed by atoms with Crippen LogP contribution in [0, 0.1) is 16.3 Å². The molecule has 0 unspecified atom stereocenters. The van der Waals surface area contributed by atoms with E-state index in [4.69, 9.17) is 5.73 Å². The number of rotatable bonds is 2. The van der Waals surface area contributed by atoms with Gasteiger partial charge in [-0.15, -0.1) is 0 Å². The van der Waals surface area contributed by atoms with Gasteiger partial charge < -0.3 is 5.73 Å². The first kappa shape index (κ1) is 12.3. The van der Waals surface area contributed by atoms with E-state index in [9.17, 15) is 4.39 Å². The fourth-order valence-electron chi connectivity index (χ4n) is 0.910. The highest BCUT2D eigenvalue weighted by Crippen LogP contribution is 2.16. The first-order chi connectivity index (χ1) is 7.00.